The lowest BCUT2D eigenvalue weighted by Gasteiger charge is -2.13. The Kier molecular flexibility index (Phi) is 7.87. The van der Waals surface area contributed by atoms with E-state index in [9.17, 15) is 4.79 Å². The summed E-state index contributed by atoms with van der Waals surface area (Å²) < 4.78 is 6.50. The molecule has 1 aromatic rings. The Bertz CT molecular complexity index is 441. The van der Waals surface area contributed by atoms with E-state index in [0.29, 0.717) is 5.56 Å². The lowest BCUT2D eigenvalue weighted by Crippen LogP contribution is -2.10. The van der Waals surface area contributed by atoms with Crippen LogP contribution in [0.25, 0.3) is 0 Å². The Morgan fingerprint density at radius 1 is 1.42 bits per heavy atom. The van der Waals surface area contributed by atoms with Crippen molar-refractivity contribution in [2.24, 2.45) is 0 Å². The van der Waals surface area contributed by atoms with Crippen molar-refractivity contribution in [3.63, 3.8) is 0 Å². The number of rotatable bonds is 7. The number of thioether (sulfide) groups is 1. The summed E-state index contributed by atoms with van der Waals surface area (Å²) in [4.78, 5) is 11.8. The molecule has 0 heterocycles. The Morgan fingerprint density at radius 3 is 2.79 bits per heavy atom. The second kappa shape index (κ2) is 8.87. The number of carbonyl (C=O) groups excluding carboxylic acids is 1. The number of benzene rings is 1. The Hall–Kier alpha value is -0.200. The summed E-state index contributed by atoms with van der Waals surface area (Å²) in [7, 11) is 1.39. The fraction of sp³-hybridized carbons (Fsp3) is 0.462. The van der Waals surface area contributed by atoms with E-state index in [1.807, 2.05) is 17.8 Å². The summed E-state index contributed by atoms with van der Waals surface area (Å²) in [5, 5.41) is 3.30. The van der Waals surface area contributed by atoms with Gasteiger partial charge in [-0.2, -0.15) is 11.8 Å². The number of anilines is 1. The fourth-order valence-corrected chi connectivity index (χ4v) is 3.56. The van der Waals surface area contributed by atoms with Gasteiger partial charge in [0, 0.05) is 15.5 Å². The molecule has 0 saturated heterocycles. The van der Waals surface area contributed by atoms with Crippen molar-refractivity contribution in [2.75, 3.05) is 30.5 Å². The van der Waals surface area contributed by atoms with Crippen LogP contribution in [0.15, 0.2) is 21.1 Å². The molecule has 0 atom stereocenters. The van der Waals surface area contributed by atoms with Crippen LogP contribution in [-0.4, -0.2) is 31.1 Å². The number of hydrogen-bond acceptors (Lipinski definition) is 4. The van der Waals surface area contributed by atoms with Crippen LogP contribution in [0.4, 0.5) is 5.69 Å². The zero-order chi connectivity index (χ0) is 14.3. The molecule has 0 amide bonds. The lowest BCUT2D eigenvalue weighted by molar-refractivity contribution is 0.0601. The molecule has 0 aromatic heterocycles. The summed E-state index contributed by atoms with van der Waals surface area (Å²) in [5.41, 5.74) is 1.32. The molecular formula is C13H17Br2NO2S. The molecular weight excluding hydrogens is 394 g/mol. The number of ether oxygens (including phenoxy) is 1. The lowest BCUT2D eigenvalue weighted by atomic mass is 10.2. The highest BCUT2D eigenvalue weighted by Gasteiger charge is 2.15. The topological polar surface area (TPSA) is 38.3 Å². The second-order valence-electron chi connectivity index (χ2n) is 3.78. The first-order valence-electron chi connectivity index (χ1n) is 5.99. The van der Waals surface area contributed by atoms with Crippen molar-refractivity contribution in [2.45, 2.75) is 13.3 Å². The van der Waals surface area contributed by atoms with Gasteiger partial charge in [0.05, 0.1) is 18.4 Å². The van der Waals surface area contributed by atoms with E-state index in [4.69, 9.17) is 4.74 Å². The Labute approximate surface area is 135 Å². The maximum atomic E-state index is 11.8. The number of hydrogen-bond donors (Lipinski definition) is 1. The summed E-state index contributed by atoms with van der Waals surface area (Å²) >= 11 is 8.76. The largest absolute Gasteiger partial charge is 0.465 e. The monoisotopic (exact) mass is 409 g/mol. The van der Waals surface area contributed by atoms with Crippen LogP contribution in [0.3, 0.4) is 0 Å². The van der Waals surface area contributed by atoms with Crippen LogP contribution in [0.5, 0.6) is 0 Å². The zero-order valence-electron chi connectivity index (χ0n) is 11.0. The van der Waals surface area contributed by atoms with Crippen LogP contribution < -0.4 is 5.32 Å². The van der Waals surface area contributed by atoms with Crippen LogP contribution in [0.2, 0.25) is 0 Å². The van der Waals surface area contributed by atoms with Crippen molar-refractivity contribution in [3.8, 4) is 0 Å². The SMILES string of the molecule is CCSCCCNc1c(Br)cc(Br)cc1C(=O)OC. The predicted octanol–water partition coefficient (Wildman–Crippen LogP) is 4.55. The van der Waals surface area contributed by atoms with Crippen LogP contribution in [0.1, 0.15) is 23.7 Å². The second-order valence-corrected chi connectivity index (χ2v) is 6.94. The van der Waals surface area contributed by atoms with E-state index in [1.54, 1.807) is 6.07 Å². The summed E-state index contributed by atoms with van der Waals surface area (Å²) in [6.07, 6.45) is 1.06. The van der Waals surface area contributed by atoms with Crippen molar-refractivity contribution in [1.82, 2.24) is 0 Å². The molecule has 1 rings (SSSR count). The van der Waals surface area contributed by atoms with Crippen molar-refractivity contribution in [3.05, 3.63) is 26.6 Å². The normalized spacial score (nSPS) is 10.3. The molecule has 1 N–H and O–H groups in total. The Balaban J connectivity index is 2.77. The molecule has 0 aliphatic carbocycles. The van der Waals surface area contributed by atoms with Gasteiger partial charge in [-0.3, -0.25) is 0 Å². The van der Waals surface area contributed by atoms with Gasteiger partial charge in [0.15, 0.2) is 0 Å². The van der Waals surface area contributed by atoms with Crippen LogP contribution >= 0.6 is 43.6 Å². The highest BCUT2D eigenvalue weighted by Crippen LogP contribution is 2.31. The third-order valence-electron chi connectivity index (χ3n) is 2.43. The van der Waals surface area contributed by atoms with Gasteiger partial charge in [-0.05, 0) is 46.0 Å². The maximum Gasteiger partial charge on any atom is 0.340 e. The number of esters is 1. The van der Waals surface area contributed by atoms with Gasteiger partial charge >= 0.3 is 5.97 Å². The predicted molar refractivity (Wildman–Crippen MR) is 89.3 cm³/mol. The molecule has 0 aliphatic rings. The van der Waals surface area contributed by atoms with Crippen molar-refractivity contribution in [1.29, 1.82) is 0 Å². The zero-order valence-corrected chi connectivity index (χ0v) is 15.0. The molecule has 0 saturated carbocycles. The number of methoxy groups -OCH3 is 1. The molecule has 1 aromatic carbocycles. The Morgan fingerprint density at radius 2 is 2.16 bits per heavy atom. The average Bonchev–Trinajstić information content (AvgIpc) is 2.39. The average molecular weight is 411 g/mol. The fourth-order valence-electron chi connectivity index (χ4n) is 1.56. The minimum absolute atomic E-state index is 0.340. The van der Waals surface area contributed by atoms with Gasteiger partial charge in [0.1, 0.15) is 0 Å². The van der Waals surface area contributed by atoms with E-state index in [1.165, 1.54) is 7.11 Å². The number of carbonyl (C=O) groups is 1. The van der Waals surface area contributed by atoms with E-state index >= 15 is 0 Å². The minimum Gasteiger partial charge on any atom is -0.465 e. The van der Waals surface area contributed by atoms with Crippen LogP contribution in [-0.2, 0) is 4.74 Å². The third-order valence-corrected chi connectivity index (χ3v) is 4.50. The van der Waals surface area contributed by atoms with Gasteiger partial charge < -0.3 is 10.1 Å². The number of halogens is 2. The maximum absolute atomic E-state index is 11.8. The molecule has 0 bridgehead atoms. The molecule has 0 unspecified atom stereocenters. The molecule has 3 nitrogen and oxygen atoms in total. The smallest absolute Gasteiger partial charge is 0.340 e. The molecule has 106 valence electrons. The molecule has 0 fully saturated rings. The molecule has 6 heteroatoms. The first kappa shape index (κ1) is 16.9. The highest BCUT2D eigenvalue weighted by atomic mass is 79.9. The molecule has 19 heavy (non-hydrogen) atoms. The van der Waals surface area contributed by atoms with E-state index < -0.39 is 0 Å². The van der Waals surface area contributed by atoms with Gasteiger partial charge in [0.2, 0.25) is 0 Å². The number of nitrogens with one attached hydrogen (secondary N) is 1. The standard InChI is InChI=1S/C13H17Br2NO2S/c1-3-19-6-4-5-16-12-10(13(17)18-2)7-9(14)8-11(12)15/h7-8,16H,3-6H2,1-2H3. The molecule has 0 radical (unpaired) electrons. The summed E-state index contributed by atoms with van der Waals surface area (Å²) in [6, 6.07) is 3.68. The van der Waals surface area contributed by atoms with Crippen molar-refractivity contribution < 1.29 is 9.53 Å². The quantitative estimate of drug-likeness (QED) is 0.528. The van der Waals surface area contributed by atoms with Gasteiger partial charge in [-0.25, -0.2) is 4.79 Å². The van der Waals surface area contributed by atoms with E-state index in [0.717, 1.165) is 39.1 Å². The van der Waals surface area contributed by atoms with Crippen LogP contribution in [0, 0.1) is 0 Å². The first-order chi connectivity index (χ1) is 9.10. The van der Waals surface area contributed by atoms with Crippen molar-refractivity contribution >= 4 is 55.3 Å². The van der Waals surface area contributed by atoms with E-state index in [2.05, 4.69) is 44.1 Å². The van der Waals surface area contributed by atoms with E-state index in [-0.39, 0.29) is 5.97 Å². The van der Waals surface area contributed by atoms with Gasteiger partial charge in [0.25, 0.3) is 0 Å². The third kappa shape index (κ3) is 5.36. The minimum atomic E-state index is -0.340. The highest BCUT2D eigenvalue weighted by molar-refractivity contribution is 9.11. The summed E-state index contributed by atoms with van der Waals surface area (Å²) in [5.74, 6) is 1.91. The first-order valence-corrected chi connectivity index (χ1v) is 8.73. The van der Waals surface area contributed by atoms with Gasteiger partial charge in [-0.1, -0.05) is 22.9 Å². The summed E-state index contributed by atoms with van der Waals surface area (Å²) in [6.45, 7) is 2.98. The molecule has 0 aliphatic heterocycles. The molecule has 0 spiro atoms. The van der Waals surface area contributed by atoms with Gasteiger partial charge in [-0.15, -0.1) is 0 Å².